The Morgan fingerprint density at radius 1 is 1.04 bits per heavy atom. The molecule has 0 atom stereocenters. The molecular formula is C20H15N5O3. The molecule has 0 saturated carbocycles. The van der Waals surface area contributed by atoms with Crippen LogP contribution in [0.15, 0.2) is 67.0 Å². The molecule has 0 bridgehead atoms. The quantitative estimate of drug-likeness (QED) is 0.432. The number of benzene rings is 2. The number of anilines is 1. The van der Waals surface area contributed by atoms with Crippen LogP contribution in [0.1, 0.15) is 16.1 Å². The van der Waals surface area contributed by atoms with Gasteiger partial charge in [-0.05, 0) is 37.3 Å². The van der Waals surface area contributed by atoms with Gasteiger partial charge in [-0.3, -0.25) is 19.3 Å². The summed E-state index contributed by atoms with van der Waals surface area (Å²) in [6.45, 7) is 1.91. The number of carbonyl (C=O) groups excluding carboxylic acids is 1. The third kappa shape index (κ3) is 3.43. The van der Waals surface area contributed by atoms with Gasteiger partial charge in [-0.1, -0.05) is 12.1 Å². The van der Waals surface area contributed by atoms with E-state index in [1.807, 2.05) is 41.9 Å². The topological polar surface area (TPSA) is 102 Å². The Morgan fingerprint density at radius 3 is 2.43 bits per heavy atom. The minimum absolute atomic E-state index is 0.0574. The van der Waals surface area contributed by atoms with E-state index in [-0.39, 0.29) is 11.6 Å². The zero-order chi connectivity index (χ0) is 19.7. The zero-order valence-corrected chi connectivity index (χ0v) is 14.9. The molecule has 138 valence electrons. The fourth-order valence-electron chi connectivity index (χ4n) is 2.76. The highest BCUT2D eigenvalue weighted by atomic mass is 16.6. The van der Waals surface area contributed by atoms with Crippen LogP contribution in [-0.4, -0.2) is 25.2 Å². The molecule has 1 N–H and O–H groups in total. The molecule has 0 radical (unpaired) electrons. The van der Waals surface area contributed by atoms with E-state index in [4.69, 9.17) is 0 Å². The van der Waals surface area contributed by atoms with Gasteiger partial charge in [0.2, 0.25) is 5.78 Å². The van der Waals surface area contributed by atoms with E-state index in [9.17, 15) is 14.9 Å². The number of aryl methyl sites for hydroxylation is 1. The van der Waals surface area contributed by atoms with Crippen molar-refractivity contribution in [1.82, 2.24) is 14.4 Å². The number of fused-ring (bicyclic) bond motifs is 1. The predicted octanol–water partition coefficient (Wildman–Crippen LogP) is 3.87. The number of nitrogens with zero attached hydrogens (tertiary/aromatic N) is 4. The van der Waals surface area contributed by atoms with Crippen molar-refractivity contribution in [2.45, 2.75) is 6.92 Å². The highest BCUT2D eigenvalue weighted by Gasteiger charge is 2.10. The maximum atomic E-state index is 12.3. The largest absolute Gasteiger partial charge is 0.322 e. The van der Waals surface area contributed by atoms with E-state index in [1.165, 1.54) is 24.3 Å². The van der Waals surface area contributed by atoms with Crippen LogP contribution in [0.5, 0.6) is 0 Å². The summed E-state index contributed by atoms with van der Waals surface area (Å²) in [7, 11) is 0. The number of nitro benzene ring substituents is 1. The van der Waals surface area contributed by atoms with E-state index in [0.29, 0.717) is 17.0 Å². The first-order valence-electron chi connectivity index (χ1n) is 8.48. The van der Waals surface area contributed by atoms with Crippen LogP contribution in [0.25, 0.3) is 17.0 Å². The molecule has 0 aliphatic rings. The number of imidazole rings is 1. The average Bonchev–Trinajstić information content (AvgIpc) is 3.11. The molecule has 4 aromatic rings. The summed E-state index contributed by atoms with van der Waals surface area (Å²) in [6.07, 6.45) is 3.80. The van der Waals surface area contributed by atoms with Crippen LogP contribution in [0.3, 0.4) is 0 Å². The van der Waals surface area contributed by atoms with E-state index in [1.54, 1.807) is 12.1 Å². The van der Waals surface area contributed by atoms with Crippen LogP contribution in [0, 0.1) is 17.0 Å². The number of hydrogen-bond donors (Lipinski definition) is 1. The Hall–Kier alpha value is -4.07. The van der Waals surface area contributed by atoms with Crippen molar-refractivity contribution in [2.24, 2.45) is 0 Å². The normalized spacial score (nSPS) is 10.8. The lowest BCUT2D eigenvalue weighted by Crippen LogP contribution is -2.11. The van der Waals surface area contributed by atoms with Gasteiger partial charge in [-0.2, -0.15) is 0 Å². The molecule has 8 nitrogen and oxygen atoms in total. The molecule has 0 saturated heterocycles. The fraction of sp³-hybridized carbons (Fsp3) is 0.0500. The van der Waals surface area contributed by atoms with Crippen LogP contribution >= 0.6 is 0 Å². The van der Waals surface area contributed by atoms with Gasteiger partial charge in [0.25, 0.3) is 11.6 Å². The van der Waals surface area contributed by atoms with Crippen LogP contribution in [0.4, 0.5) is 11.4 Å². The second-order valence-corrected chi connectivity index (χ2v) is 6.24. The number of nitro groups is 1. The van der Waals surface area contributed by atoms with Gasteiger partial charge in [-0.25, -0.2) is 9.97 Å². The Morgan fingerprint density at radius 2 is 1.75 bits per heavy atom. The molecule has 2 heterocycles. The number of rotatable bonds is 4. The molecule has 0 aliphatic carbocycles. The maximum absolute atomic E-state index is 12.3. The number of nitrogens with one attached hydrogen (secondary N) is 1. The highest BCUT2D eigenvalue weighted by molar-refractivity contribution is 6.04. The first-order chi connectivity index (χ1) is 13.5. The summed E-state index contributed by atoms with van der Waals surface area (Å²) in [4.78, 5) is 31.4. The lowest BCUT2D eigenvalue weighted by atomic mass is 10.1. The Labute approximate surface area is 159 Å². The second kappa shape index (κ2) is 6.92. The van der Waals surface area contributed by atoms with Gasteiger partial charge in [0, 0.05) is 47.0 Å². The summed E-state index contributed by atoms with van der Waals surface area (Å²) in [5, 5.41) is 13.5. The van der Waals surface area contributed by atoms with E-state index in [0.717, 1.165) is 17.0 Å². The van der Waals surface area contributed by atoms with Crippen molar-refractivity contribution in [1.29, 1.82) is 0 Å². The summed E-state index contributed by atoms with van der Waals surface area (Å²) in [6, 6.07) is 14.6. The standard InChI is InChI=1S/C20H15N5O3/c1-13-10-11-24-12-18(23-20(24)21-13)14-2-6-16(7-3-14)22-19(26)15-4-8-17(9-5-15)25(27)28/h2-12H,1H3,(H,22,26). The molecule has 0 fully saturated rings. The van der Waals surface area contributed by atoms with E-state index >= 15 is 0 Å². The minimum Gasteiger partial charge on any atom is -0.322 e. The highest BCUT2D eigenvalue weighted by Crippen LogP contribution is 2.21. The van der Waals surface area contributed by atoms with E-state index in [2.05, 4.69) is 15.3 Å². The molecule has 1 amide bonds. The van der Waals surface area contributed by atoms with Crippen LogP contribution < -0.4 is 5.32 Å². The fourth-order valence-corrected chi connectivity index (χ4v) is 2.76. The maximum Gasteiger partial charge on any atom is 0.269 e. The predicted molar refractivity (Wildman–Crippen MR) is 104 cm³/mol. The number of hydrogen-bond acceptors (Lipinski definition) is 5. The molecule has 4 rings (SSSR count). The van der Waals surface area contributed by atoms with Crippen molar-refractivity contribution in [3.8, 4) is 11.3 Å². The summed E-state index contributed by atoms with van der Waals surface area (Å²) < 4.78 is 1.85. The molecule has 28 heavy (non-hydrogen) atoms. The first kappa shape index (κ1) is 17.3. The third-order valence-corrected chi connectivity index (χ3v) is 4.24. The van der Waals surface area contributed by atoms with Crippen molar-refractivity contribution in [3.63, 3.8) is 0 Å². The van der Waals surface area contributed by atoms with Crippen molar-refractivity contribution < 1.29 is 9.72 Å². The molecule has 8 heteroatoms. The summed E-state index contributed by atoms with van der Waals surface area (Å²) in [5.41, 5.74) is 3.48. The Bertz CT molecular complexity index is 1180. The number of amides is 1. The van der Waals surface area contributed by atoms with Gasteiger partial charge in [0.15, 0.2) is 0 Å². The molecule has 2 aromatic carbocycles. The lowest BCUT2D eigenvalue weighted by Gasteiger charge is -2.06. The summed E-state index contributed by atoms with van der Waals surface area (Å²) >= 11 is 0. The first-order valence-corrected chi connectivity index (χ1v) is 8.48. The lowest BCUT2D eigenvalue weighted by molar-refractivity contribution is -0.384. The average molecular weight is 373 g/mol. The molecular weight excluding hydrogens is 358 g/mol. The number of carbonyl (C=O) groups is 1. The van der Waals surface area contributed by atoms with Crippen LogP contribution in [0.2, 0.25) is 0 Å². The van der Waals surface area contributed by atoms with Crippen molar-refractivity contribution >= 4 is 23.1 Å². The zero-order valence-electron chi connectivity index (χ0n) is 14.9. The van der Waals surface area contributed by atoms with Crippen molar-refractivity contribution in [3.05, 3.63) is 88.4 Å². The third-order valence-electron chi connectivity index (χ3n) is 4.24. The minimum atomic E-state index is -0.503. The van der Waals surface area contributed by atoms with Gasteiger partial charge in [0.1, 0.15) is 0 Å². The van der Waals surface area contributed by atoms with Crippen LogP contribution in [-0.2, 0) is 0 Å². The molecule has 0 unspecified atom stereocenters. The van der Waals surface area contributed by atoms with Gasteiger partial charge >= 0.3 is 0 Å². The monoisotopic (exact) mass is 373 g/mol. The number of non-ortho nitro benzene ring substituents is 1. The smallest absolute Gasteiger partial charge is 0.269 e. The Balaban J connectivity index is 1.50. The van der Waals surface area contributed by atoms with Crippen molar-refractivity contribution in [2.75, 3.05) is 5.32 Å². The Kier molecular flexibility index (Phi) is 4.29. The van der Waals surface area contributed by atoms with Gasteiger partial charge in [0.05, 0.1) is 10.6 Å². The van der Waals surface area contributed by atoms with E-state index < -0.39 is 4.92 Å². The summed E-state index contributed by atoms with van der Waals surface area (Å²) in [5.74, 6) is 0.292. The number of aromatic nitrogens is 3. The second-order valence-electron chi connectivity index (χ2n) is 6.24. The molecule has 2 aromatic heterocycles. The van der Waals surface area contributed by atoms with Gasteiger partial charge in [-0.15, -0.1) is 0 Å². The molecule has 0 aliphatic heterocycles. The SMILES string of the molecule is Cc1ccn2cc(-c3ccc(NC(=O)c4ccc([N+](=O)[O-])cc4)cc3)nc2n1. The molecule has 0 spiro atoms. The van der Waals surface area contributed by atoms with Gasteiger partial charge < -0.3 is 5.32 Å².